The Kier molecular flexibility index (Phi) is 52.0. The number of nitrogens with two attached hydrogens (primary N) is 1. The van der Waals surface area contributed by atoms with Gasteiger partial charge < -0.3 is 88.9 Å². The molecule has 45 heteroatoms. The van der Waals surface area contributed by atoms with Crippen LogP contribution in [0.1, 0.15) is 100 Å². The molecule has 14 amide bonds. The molecule has 0 bridgehead atoms. The second kappa shape index (κ2) is 61.3. The summed E-state index contributed by atoms with van der Waals surface area (Å²) in [6, 6.07) is 31.8. The predicted molar refractivity (Wildman–Crippen MR) is 490 cm³/mol. The zero-order chi connectivity index (χ0) is 101. The van der Waals surface area contributed by atoms with Gasteiger partial charge in [-0.25, -0.2) is 9.59 Å². The van der Waals surface area contributed by atoms with Crippen molar-refractivity contribution in [2.45, 2.75) is 76.5 Å². The van der Waals surface area contributed by atoms with Crippen molar-refractivity contribution >= 4 is 101 Å². The van der Waals surface area contributed by atoms with Crippen molar-refractivity contribution in [2.75, 3.05) is 237 Å². The van der Waals surface area contributed by atoms with E-state index in [1.165, 1.54) is 123 Å². The first-order valence-corrected chi connectivity index (χ1v) is 42.3. The molecule has 0 heterocycles. The van der Waals surface area contributed by atoms with Crippen LogP contribution in [0.5, 0.6) is 0 Å². The van der Waals surface area contributed by atoms with Crippen LogP contribution in [0.2, 0.25) is 0 Å². The van der Waals surface area contributed by atoms with Gasteiger partial charge in [0.2, 0.25) is 70.9 Å². The Bertz CT molecular complexity index is 4730. The van der Waals surface area contributed by atoms with Crippen molar-refractivity contribution in [1.29, 1.82) is 0 Å². The van der Waals surface area contributed by atoms with E-state index in [1.54, 1.807) is 0 Å². The topological polar surface area (TPSA) is 547 Å². The van der Waals surface area contributed by atoms with E-state index < -0.39 is 90.9 Å². The van der Waals surface area contributed by atoms with Crippen LogP contribution in [0.3, 0.4) is 0 Å². The quantitative estimate of drug-likeness (QED) is 0.0241. The molecule has 4 aromatic carbocycles. The molecule has 0 fully saturated rings. The fourth-order valence-corrected chi connectivity index (χ4v) is 12.8. The number of likely N-dealkylation sites (N-methyl/N-ethyl adjacent to an activating group) is 14. The average molecular weight is 1860 g/mol. The van der Waals surface area contributed by atoms with Gasteiger partial charge in [0.1, 0.15) is 32.8 Å². The van der Waals surface area contributed by atoms with Gasteiger partial charge in [0.15, 0.2) is 11.6 Å². The molecule has 0 aromatic heterocycles. The van der Waals surface area contributed by atoms with Gasteiger partial charge in [0, 0.05) is 164 Å². The largest absolute Gasteiger partial charge is 0.480 e. The van der Waals surface area contributed by atoms with E-state index in [-0.39, 0.29) is 146 Å². The molecule has 2 aliphatic rings. The second-order valence-electron chi connectivity index (χ2n) is 31.5. The molecule has 0 saturated carbocycles. The average Bonchev–Trinajstić information content (AvgIpc) is 1.62. The first-order chi connectivity index (χ1) is 63.5. The van der Waals surface area contributed by atoms with Crippen LogP contribution in [-0.4, -0.2) is 411 Å². The van der Waals surface area contributed by atoms with Crippen molar-refractivity contribution in [1.82, 2.24) is 68.6 Å². The summed E-state index contributed by atoms with van der Waals surface area (Å²) in [5.41, 5.74) is 38.0. The summed E-state index contributed by atoms with van der Waals surface area (Å²) in [6.07, 6.45) is 3.25. The molecule has 0 atom stereocenters. The van der Waals surface area contributed by atoms with Crippen LogP contribution in [0.15, 0.2) is 112 Å². The smallest absolute Gasteiger partial charge is 0.409 e. The number of ketones is 2. The maximum absolute atomic E-state index is 12.8. The molecule has 0 aliphatic heterocycles. The predicted octanol–water partition coefficient (Wildman–Crippen LogP) is 5.44. The number of halogens is 1. The molecule has 2 aliphatic carbocycles. The lowest BCUT2D eigenvalue weighted by Gasteiger charge is -2.26. The van der Waals surface area contributed by atoms with Crippen molar-refractivity contribution in [2.24, 2.45) is 21.1 Å². The summed E-state index contributed by atoms with van der Waals surface area (Å²) >= 11 is 0. The molecule has 0 saturated heterocycles. The number of carboxylic acid groups (broad SMARTS) is 1. The molecular formula is C88H127FN24O20. The highest BCUT2D eigenvalue weighted by atomic mass is 19.1. The van der Waals surface area contributed by atoms with Gasteiger partial charge in [-0.1, -0.05) is 119 Å². The Morgan fingerprint density at radius 2 is 0.549 bits per heavy atom. The van der Waals surface area contributed by atoms with Crippen molar-refractivity contribution < 1.29 is 102 Å². The monoisotopic (exact) mass is 1860 g/mol. The maximum Gasteiger partial charge on any atom is 0.409 e. The van der Waals surface area contributed by atoms with Crippen molar-refractivity contribution in [3.05, 3.63) is 151 Å². The fourth-order valence-electron chi connectivity index (χ4n) is 12.8. The highest BCUT2D eigenvalue weighted by Crippen LogP contribution is 2.46. The van der Waals surface area contributed by atoms with Gasteiger partial charge in [-0.05, 0) is 106 Å². The van der Waals surface area contributed by atoms with Crippen LogP contribution < -0.4 is 5.73 Å². The van der Waals surface area contributed by atoms with Crippen LogP contribution in [0, 0.1) is 0 Å². The number of azide groups is 3. The number of ether oxygens (including phenoxy) is 2. The minimum absolute atomic E-state index is 0.0705. The highest BCUT2D eigenvalue weighted by Gasteiger charge is 2.34. The lowest BCUT2D eigenvalue weighted by Crippen LogP contribution is -2.47. The number of aliphatic carboxylic acids is 1. The molecule has 0 unspecified atom stereocenters. The zero-order valence-corrected chi connectivity index (χ0v) is 78.6. The summed E-state index contributed by atoms with van der Waals surface area (Å²) in [5, 5.41) is 18.9. The maximum atomic E-state index is 12.8. The number of hydrogen-bond donors (Lipinski definition) is 2. The summed E-state index contributed by atoms with van der Waals surface area (Å²) in [7, 11) is 19.0. The number of fused-ring (bicyclic) bond motifs is 6. The van der Waals surface area contributed by atoms with Crippen molar-refractivity contribution in [3.8, 4) is 22.3 Å². The van der Waals surface area contributed by atoms with E-state index in [9.17, 15) is 85.9 Å². The first-order valence-electron chi connectivity index (χ1n) is 43.0. The van der Waals surface area contributed by atoms with E-state index in [0.29, 0.717) is 64.7 Å². The lowest BCUT2D eigenvalue weighted by atomic mass is 9.98. The third-order valence-electron chi connectivity index (χ3n) is 20.7. The van der Waals surface area contributed by atoms with E-state index >= 15 is 0 Å². The van der Waals surface area contributed by atoms with Gasteiger partial charge in [0.05, 0.1) is 80.5 Å². The Morgan fingerprint density at radius 3 is 0.774 bits per heavy atom. The number of carbonyl (C=O) groups is 17. The Hall–Kier alpha value is -14.3. The first kappa shape index (κ1) is 113. The fraction of sp³-hybridized carbons (Fsp3) is 0.534. The standard InChI is InChI=1S/C34H44N8O7.C30H37N5O8.C20H35N7O5.C3H8N4.CH3F/c1-38(18-24(43)12-10-11-17-36-37-35)30(44)19-39(2)31(45)20-40(3)32(46)21-41(4)33(47)22-42(5)34(48)49-23-29-27-15-8-6-13-25(27)26-14-7-9-16-28(26)29;1-31(14-25(36)32(2)16-27(38)34(4)18-29(40)41)26(37)15-33(3)28(39)17-35(5)30(42)43-19-24-22-12-8-6-10-20(22)21-11-7-9-13-23(21)24;1-6-9-17(29)25(3)13-19(31)27(5)15-20(32)26(4)14-18(30)24(2)12-16(28)10-7-8-11-22-23-21;4-2-1-3-6-7-5;1-2/h6-9,13-16,29H,10-12,17-23H2,1-5H3;6-13,24H,14-19H2,1-5H3,(H,40,41);6-15H2,1-5H3;1-4H2;1H3/i;;;;1D. The number of nitrogens with zero attached hydrogens (tertiary/aromatic N) is 23. The molecule has 133 heavy (non-hydrogen) atoms. The summed E-state index contributed by atoms with van der Waals surface area (Å²) in [6.45, 7) is -0.0947. The minimum Gasteiger partial charge on any atom is -0.480 e. The van der Waals surface area contributed by atoms with Crippen LogP contribution in [-0.2, 0) is 81.4 Å². The number of unbranched alkanes of at least 4 members (excludes halogenated alkanes) is 2. The number of alkyl halides is 1. The molecule has 0 radical (unpaired) electrons. The Morgan fingerprint density at radius 1 is 0.338 bits per heavy atom. The number of carbonyl (C=O) groups excluding carboxylic acids is 16. The number of benzene rings is 4. The van der Waals surface area contributed by atoms with Gasteiger partial charge in [-0.15, -0.1) is 0 Å². The lowest BCUT2D eigenvalue weighted by molar-refractivity contribution is -0.146. The molecule has 6 rings (SSSR count). The summed E-state index contributed by atoms with van der Waals surface area (Å²) in [4.78, 5) is 234. The van der Waals surface area contributed by atoms with Crippen LogP contribution >= 0.6 is 0 Å². The highest BCUT2D eigenvalue weighted by molar-refractivity contribution is 5.95. The summed E-state index contributed by atoms with van der Waals surface area (Å²) in [5.74, 6) is -7.19. The number of amides is 14. The molecule has 726 valence electrons. The zero-order valence-electron chi connectivity index (χ0n) is 79.6. The molecule has 0 spiro atoms. The van der Waals surface area contributed by atoms with E-state index in [2.05, 4.69) is 30.1 Å². The Labute approximate surface area is 775 Å². The summed E-state index contributed by atoms with van der Waals surface area (Å²) < 4.78 is 26.7. The molecule has 4 aromatic rings. The van der Waals surface area contributed by atoms with E-state index in [1.807, 2.05) is 104 Å². The third-order valence-corrected chi connectivity index (χ3v) is 20.7. The van der Waals surface area contributed by atoms with Gasteiger partial charge in [-0.3, -0.25) is 76.3 Å². The van der Waals surface area contributed by atoms with Gasteiger partial charge in [0.25, 0.3) is 0 Å². The third kappa shape index (κ3) is 40.7. The van der Waals surface area contributed by atoms with Gasteiger partial charge in [-0.2, -0.15) is 0 Å². The van der Waals surface area contributed by atoms with Crippen LogP contribution in [0.4, 0.5) is 14.0 Å². The number of rotatable bonds is 47. The molecular weight excluding hydrogens is 1730 g/mol. The SMILES string of the molecule is CCCC(=O)N(C)CC(=O)N(C)CC(=O)N(C)CC(=O)N(C)CC(=O)CCCCN=[N+]=[N-].CN(CC(=O)CCCCN=[N+]=[N-])C(=O)CN(C)C(=O)CN(C)C(=O)CN(C)C(=O)CN(C)C(=O)OCC1c2ccccc2-c2ccccc21.CN(CC(=O)O)C(=O)CN(C)C(=O)CN(C)C(=O)CN(C)C(=O)CN(C)C(=O)OCC1c2ccccc2-c2ccccc21.[2H]CF.[N-]=[N+]=NCCCN. The van der Waals surface area contributed by atoms with E-state index in [0.717, 1.165) is 95.0 Å². The molecule has 3 N–H and O–H groups in total. The van der Waals surface area contributed by atoms with Crippen LogP contribution in [0.25, 0.3) is 53.6 Å². The minimum atomic E-state index is -1.18. The normalized spacial score (nSPS) is 10.9. The van der Waals surface area contributed by atoms with Crippen molar-refractivity contribution in [3.63, 3.8) is 0 Å². The van der Waals surface area contributed by atoms with Gasteiger partial charge >= 0.3 is 18.2 Å². The number of carboxylic acids is 1. The molecule has 44 nitrogen and oxygen atoms in total. The number of hydrogen-bond acceptors (Lipinski definition) is 23. The second-order valence-corrected chi connectivity index (χ2v) is 31.5. The van der Waals surface area contributed by atoms with E-state index in [4.69, 9.17) is 38.3 Å². The number of Topliss-reactive ketones (excluding diaryl/α,β-unsaturated/α-hetero) is 2. The Balaban J connectivity index is 0.000000657.